The van der Waals surface area contributed by atoms with Crippen LogP contribution in [0.5, 0.6) is 0 Å². The molecule has 1 saturated carbocycles. The highest BCUT2D eigenvalue weighted by atomic mass is 16.6. The van der Waals surface area contributed by atoms with Crippen LogP contribution in [-0.4, -0.2) is 16.7 Å². The van der Waals surface area contributed by atoms with Gasteiger partial charge in [0.1, 0.15) is 5.76 Å². The molecule has 1 fully saturated rings. The predicted octanol–water partition coefficient (Wildman–Crippen LogP) is 4.44. The summed E-state index contributed by atoms with van der Waals surface area (Å²) in [6, 6.07) is 9.90. The van der Waals surface area contributed by atoms with E-state index in [9.17, 15) is 9.90 Å². The van der Waals surface area contributed by atoms with Gasteiger partial charge in [0.25, 0.3) is 0 Å². The van der Waals surface area contributed by atoms with Crippen molar-refractivity contribution in [3.8, 4) is 0 Å². The molecule has 0 amide bonds. The SMILES string of the molecule is C=CCC1(CC=C)OC(=O)C(C(c2ccccc2)C2CC2)=C1O. The molecule has 0 aromatic heterocycles. The summed E-state index contributed by atoms with van der Waals surface area (Å²) in [7, 11) is 0. The summed E-state index contributed by atoms with van der Waals surface area (Å²) in [5.41, 5.74) is 0.446. The maximum atomic E-state index is 12.6. The van der Waals surface area contributed by atoms with Crippen LogP contribution in [0.3, 0.4) is 0 Å². The average molecular weight is 310 g/mol. The van der Waals surface area contributed by atoms with Gasteiger partial charge in [-0.05, 0) is 24.3 Å². The predicted molar refractivity (Wildman–Crippen MR) is 90.0 cm³/mol. The van der Waals surface area contributed by atoms with Gasteiger partial charge in [0.2, 0.25) is 0 Å². The summed E-state index contributed by atoms with van der Waals surface area (Å²) in [6.07, 6.45) is 6.24. The third kappa shape index (κ3) is 2.72. The molecule has 120 valence electrons. The number of hydrogen-bond donors (Lipinski definition) is 1. The first-order chi connectivity index (χ1) is 11.1. The van der Waals surface area contributed by atoms with Crippen molar-refractivity contribution in [1.29, 1.82) is 0 Å². The molecular weight excluding hydrogens is 288 g/mol. The zero-order valence-corrected chi connectivity index (χ0v) is 13.2. The number of ether oxygens (including phenoxy) is 1. The number of hydrogen-bond acceptors (Lipinski definition) is 3. The Hall–Kier alpha value is -2.29. The highest BCUT2D eigenvalue weighted by molar-refractivity contribution is 5.94. The Labute approximate surface area is 137 Å². The lowest BCUT2D eigenvalue weighted by Crippen LogP contribution is -2.30. The zero-order valence-electron chi connectivity index (χ0n) is 13.2. The van der Waals surface area contributed by atoms with Crippen molar-refractivity contribution in [1.82, 2.24) is 0 Å². The molecule has 23 heavy (non-hydrogen) atoms. The van der Waals surface area contributed by atoms with Gasteiger partial charge in [0.15, 0.2) is 5.60 Å². The van der Waals surface area contributed by atoms with Crippen LogP contribution >= 0.6 is 0 Å². The summed E-state index contributed by atoms with van der Waals surface area (Å²) >= 11 is 0. The van der Waals surface area contributed by atoms with Crippen molar-refractivity contribution in [2.75, 3.05) is 0 Å². The maximum absolute atomic E-state index is 12.6. The topological polar surface area (TPSA) is 46.5 Å². The molecular formula is C20H22O3. The third-order valence-corrected chi connectivity index (χ3v) is 4.71. The van der Waals surface area contributed by atoms with Crippen LogP contribution in [0.2, 0.25) is 0 Å². The van der Waals surface area contributed by atoms with Crippen LogP contribution in [0.25, 0.3) is 0 Å². The Morgan fingerprint density at radius 3 is 2.35 bits per heavy atom. The Bertz CT molecular complexity index is 643. The minimum Gasteiger partial charge on any atom is -0.507 e. The molecule has 0 radical (unpaired) electrons. The van der Waals surface area contributed by atoms with E-state index in [0.717, 1.165) is 18.4 Å². The minimum atomic E-state index is -1.03. The van der Waals surface area contributed by atoms with Gasteiger partial charge in [-0.25, -0.2) is 4.79 Å². The quantitative estimate of drug-likeness (QED) is 0.598. The summed E-state index contributed by atoms with van der Waals surface area (Å²) in [5.74, 6) is -0.0550. The van der Waals surface area contributed by atoms with Crippen molar-refractivity contribution in [2.45, 2.75) is 37.2 Å². The average Bonchev–Trinajstić information content (AvgIpc) is 3.34. The molecule has 1 aromatic rings. The fraction of sp³-hybridized carbons (Fsp3) is 0.350. The smallest absolute Gasteiger partial charge is 0.339 e. The molecule has 2 aliphatic rings. The molecule has 1 atom stereocenters. The number of benzene rings is 1. The van der Waals surface area contributed by atoms with Crippen molar-refractivity contribution in [2.24, 2.45) is 5.92 Å². The van der Waals surface area contributed by atoms with E-state index in [-0.39, 0.29) is 11.7 Å². The molecule has 0 spiro atoms. The van der Waals surface area contributed by atoms with Gasteiger partial charge in [0.05, 0.1) is 5.57 Å². The van der Waals surface area contributed by atoms with E-state index in [2.05, 4.69) is 13.2 Å². The second kappa shape index (κ2) is 6.07. The normalized spacial score (nSPS) is 21.0. The Balaban J connectivity index is 2.07. The minimum absolute atomic E-state index is 0.0584. The Kier molecular flexibility index (Phi) is 4.12. The molecule has 0 bridgehead atoms. The van der Waals surface area contributed by atoms with E-state index in [0.29, 0.717) is 24.3 Å². The molecule has 3 nitrogen and oxygen atoms in total. The molecule has 1 heterocycles. The van der Waals surface area contributed by atoms with Gasteiger partial charge in [-0.15, -0.1) is 13.2 Å². The van der Waals surface area contributed by atoms with Crippen molar-refractivity contribution < 1.29 is 14.6 Å². The van der Waals surface area contributed by atoms with E-state index in [1.54, 1.807) is 12.2 Å². The number of rotatable bonds is 7. The van der Waals surface area contributed by atoms with Crippen LogP contribution in [0.4, 0.5) is 0 Å². The largest absolute Gasteiger partial charge is 0.507 e. The van der Waals surface area contributed by atoms with Gasteiger partial charge in [-0.1, -0.05) is 42.5 Å². The van der Waals surface area contributed by atoms with Gasteiger partial charge >= 0.3 is 5.97 Å². The summed E-state index contributed by atoms with van der Waals surface area (Å²) in [6.45, 7) is 7.45. The lowest BCUT2D eigenvalue weighted by Gasteiger charge is -2.25. The Morgan fingerprint density at radius 2 is 1.83 bits per heavy atom. The molecule has 3 heteroatoms. The molecule has 1 unspecified atom stereocenters. The summed E-state index contributed by atoms with van der Waals surface area (Å²) in [4.78, 5) is 12.6. The number of aliphatic hydroxyl groups is 1. The lowest BCUT2D eigenvalue weighted by atomic mass is 9.83. The van der Waals surface area contributed by atoms with Crippen LogP contribution in [0.1, 0.15) is 37.2 Å². The van der Waals surface area contributed by atoms with Gasteiger partial charge < -0.3 is 9.84 Å². The van der Waals surface area contributed by atoms with E-state index in [1.165, 1.54) is 0 Å². The van der Waals surface area contributed by atoms with E-state index in [4.69, 9.17) is 4.74 Å². The molecule has 0 saturated heterocycles. The third-order valence-electron chi connectivity index (χ3n) is 4.71. The number of esters is 1. The summed E-state index contributed by atoms with van der Waals surface area (Å²) in [5, 5.41) is 10.9. The van der Waals surface area contributed by atoms with Gasteiger partial charge in [-0.3, -0.25) is 0 Å². The second-order valence-electron chi connectivity index (χ2n) is 6.36. The Morgan fingerprint density at radius 1 is 1.22 bits per heavy atom. The zero-order chi connectivity index (χ0) is 16.4. The van der Waals surface area contributed by atoms with Crippen molar-refractivity contribution >= 4 is 5.97 Å². The van der Waals surface area contributed by atoms with Gasteiger partial charge in [0, 0.05) is 18.8 Å². The number of carbonyl (C=O) groups is 1. The molecule has 3 rings (SSSR count). The summed E-state index contributed by atoms with van der Waals surface area (Å²) < 4.78 is 5.63. The number of aliphatic hydroxyl groups excluding tert-OH is 1. The first-order valence-corrected chi connectivity index (χ1v) is 8.06. The van der Waals surface area contributed by atoms with Crippen LogP contribution in [0, 0.1) is 5.92 Å². The van der Waals surface area contributed by atoms with Crippen LogP contribution < -0.4 is 0 Å². The van der Waals surface area contributed by atoms with Crippen LogP contribution in [0.15, 0.2) is 67.0 Å². The molecule has 1 aromatic carbocycles. The van der Waals surface area contributed by atoms with Gasteiger partial charge in [-0.2, -0.15) is 0 Å². The monoisotopic (exact) mass is 310 g/mol. The molecule has 1 aliphatic heterocycles. The first kappa shape index (κ1) is 15.6. The van der Waals surface area contributed by atoms with E-state index >= 15 is 0 Å². The van der Waals surface area contributed by atoms with Crippen LogP contribution in [-0.2, 0) is 9.53 Å². The number of carbonyl (C=O) groups excluding carboxylic acids is 1. The highest BCUT2D eigenvalue weighted by Crippen LogP contribution is 2.51. The highest BCUT2D eigenvalue weighted by Gasteiger charge is 2.51. The first-order valence-electron chi connectivity index (χ1n) is 8.06. The second-order valence-corrected chi connectivity index (χ2v) is 6.36. The molecule has 1 aliphatic carbocycles. The lowest BCUT2D eigenvalue weighted by molar-refractivity contribution is -0.148. The fourth-order valence-electron chi connectivity index (χ4n) is 3.49. The number of cyclic esters (lactones) is 1. The maximum Gasteiger partial charge on any atom is 0.339 e. The molecule has 1 N–H and O–H groups in total. The van der Waals surface area contributed by atoms with E-state index < -0.39 is 11.6 Å². The fourth-order valence-corrected chi connectivity index (χ4v) is 3.49. The van der Waals surface area contributed by atoms with Crippen molar-refractivity contribution in [3.63, 3.8) is 0 Å². The standard InChI is InChI=1S/C20H22O3/c1-3-12-20(13-4-2)18(21)17(19(22)23-20)16(15-10-11-15)14-8-6-5-7-9-14/h3-9,15-16,21H,1-2,10-13H2. The van der Waals surface area contributed by atoms with E-state index in [1.807, 2.05) is 30.3 Å². The van der Waals surface area contributed by atoms with Crippen molar-refractivity contribution in [3.05, 3.63) is 72.5 Å².